The summed E-state index contributed by atoms with van der Waals surface area (Å²) in [6, 6.07) is 0. The van der Waals surface area contributed by atoms with Crippen LogP contribution in [-0.4, -0.2) is 34.8 Å². The fourth-order valence-electron chi connectivity index (χ4n) is 0.886. The third kappa shape index (κ3) is 7.06. The van der Waals surface area contributed by atoms with Gasteiger partial charge in [0.15, 0.2) is 0 Å². The second-order valence-electron chi connectivity index (χ2n) is 2.88. The van der Waals surface area contributed by atoms with Crippen molar-refractivity contribution in [1.82, 2.24) is 9.55 Å². The summed E-state index contributed by atoms with van der Waals surface area (Å²) in [5.74, 6) is 0.789. The summed E-state index contributed by atoms with van der Waals surface area (Å²) >= 11 is 0. The average Bonchev–Trinajstić information content (AvgIpc) is 2.49. The first-order valence-corrected chi connectivity index (χ1v) is 6.13. The zero-order valence-electron chi connectivity index (χ0n) is 8.92. The molecule has 1 rings (SSSR count). The highest BCUT2D eigenvalue weighted by Gasteiger charge is 1.98. The quantitative estimate of drug-likeness (QED) is 0.708. The molecule has 6 nitrogen and oxygen atoms in total. The maximum Gasteiger partial charge on any atom is 0.266 e. The highest BCUT2D eigenvalue weighted by molar-refractivity contribution is 7.85. The Kier molecular flexibility index (Phi) is 6.14. The van der Waals surface area contributed by atoms with Crippen LogP contribution in [0.25, 0.3) is 0 Å². The molecule has 0 spiro atoms. The van der Waals surface area contributed by atoms with E-state index in [2.05, 4.69) is 11.9 Å². The normalized spacial score (nSPS) is 10.7. The number of rotatable bonds is 3. The lowest BCUT2D eigenvalue weighted by molar-refractivity contribution is 0.483. The van der Waals surface area contributed by atoms with E-state index in [-0.39, 0.29) is 12.3 Å². The molecule has 0 saturated carbocycles. The molecular formula is C8H17N3O3S. The van der Waals surface area contributed by atoms with Crippen molar-refractivity contribution in [2.75, 3.05) is 12.3 Å². The summed E-state index contributed by atoms with van der Waals surface area (Å²) < 4.78 is 29.4. The number of aryl methyl sites for hydroxylation is 2. The van der Waals surface area contributed by atoms with E-state index in [1.807, 2.05) is 24.0 Å². The van der Waals surface area contributed by atoms with Crippen LogP contribution in [0, 0.1) is 0 Å². The molecule has 0 unspecified atom stereocenters. The molecule has 0 atom stereocenters. The van der Waals surface area contributed by atoms with Crippen LogP contribution in [0.15, 0.2) is 12.4 Å². The molecule has 1 heterocycles. The topological polar surface area (TPSA) is 98.2 Å². The summed E-state index contributed by atoms with van der Waals surface area (Å²) in [7, 11) is -1.79. The Morgan fingerprint density at radius 3 is 2.33 bits per heavy atom. The lowest BCUT2D eigenvalue weighted by atomic mass is 10.5. The van der Waals surface area contributed by atoms with Gasteiger partial charge in [-0.2, -0.15) is 8.42 Å². The Hall–Kier alpha value is -0.920. The maximum absolute atomic E-state index is 9.71. The van der Waals surface area contributed by atoms with E-state index >= 15 is 0 Å². The Morgan fingerprint density at radius 2 is 2.20 bits per heavy atom. The van der Waals surface area contributed by atoms with Gasteiger partial charge in [0.05, 0.1) is 5.75 Å². The van der Waals surface area contributed by atoms with Crippen LogP contribution in [-0.2, 0) is 23.6 Å². The van der Waals surface area contributed by atoms with Gasteiger partial charge in [0.1, 0.15) is 5.82 Å². The first-order valence-electron chi connectivity index (χ1n) is 4.52. The number of aromatic nitrogens is 2. The summed E-state index contributed by atoms with van der Waals surface area (Å²) in [5, 5.41) is 0. The van der Waals surface area contributed by atoms with Gasteiger partial charge in [0.25, 0.3) is 10.1 Å². The molecule has 0 radical (unpaired) electrons. The van der Waals surface area contributed by atoms with Gasteiger partial charge in [-0.15, -0.1) is 0 Å². The van der Waals surface area contributed by atoms with E-state index in [0.29, 0.717) is 0 Å². The Balaban J connectivity index is 0.000000265. The van der Waals surface area contributed by atoms with E-state index in [4.69, 9.17) is 10.3 Å². The lowest BCUT2D eigenvalue weighted by Gasteiger charge is -1.92. The van der Waals surface area contributed by atoms with Crippen molar-refractivity contribution in [3.63, 3.8) is 0 Å². The van der Waals surface area contributed by atoms with Crippen molar-refractivity contribution in [1.29, 1.82) is 0 Å². The minimum absolute atomic E-state index is 0.0289. The minimum atomic E-state index is -3.80. The molecule has 1 aromatic heterocycles. The molecule has 0 saturated heterocycles. The highest BCUT2D eigenvalue weighted by atomic mass is 32.2. The zero-order valence-corrected chi connectivity index (χ0v) is 9.74. The van der Waals surface area contributed by atoms with E-state index in [9.17, 15) is 8.42 Å². The minimum Gasteiger partial charge on any atom is -0.338 e. The number of hydrogen-bond donors (Lipinski definition) is 2. The van der Waals surface area contributed by atoms with Crippen LogP contribution >= 0.6 is 0 Å². The SMILES string of the molecule is CCc1nccn1C.NCCS(=O)(=O)O. The number of imidazole rings is 1. The Labute approximate surface area is 89.9 Å². The molecule has 3 N–H and O–H groups in total. The van der Waals surface area contributed by atoms with Crippen molar-refractivity contribution in [2.45, 2.75) is 13.3 Å². The smallest absolute Gasteiger partial charge is 0.266 e. The standard InChI is InChI=1S/C6H10N2.C2H7NO3S/c1-3-6-7-4-5-8(6)2;3-1-2-7(4,5)6/h4-5H,3H2,1-2H3;1-3H2,(H,4,5,6). The van der Waals surface area contributed by atoms with Gasteiger partial charge in [-0.3, -0.25) is 4.55 Å². The van der Waals surface area contributed by atoms with Gasteiger partial charge in [0.2, 0.25) is 0 Å². The van der Waals surface area contributed by atoms with Crippen molar-refractivity contribution >= 4 is 10.1 Å². The van der Waals surface area contributed by atoms with Gasteiger partial charge in [-0.05, 0) is 0 Å². The van der Waals surface area contributed by atoms with Crippen LogP contribution in [0.2, 0.25) is 0 Å². The molecule has 0 aromatic carbocycles. The third-order valence-electron chi connectivity index (χ3n) is 1.61. The molecule has 0 fully saturated rings. The van der Waals surface area contributed by atoms with E-state index < -0.39 is 10.1 Å². The number of nitrogens with zero attached hydrogens (tertiary/aromatic N) is 2. The van der Waals surface area contributed by atoms with Gasteiger partial charge >= 0.3 is 0 Å². The first-order chi connectivity index (χ1) is 6.90. The van der Waals surface area contributed by atoms with Crippen molar-refractivity contribution in [3.8, 4) is 0 Å². The van der Waals surface area contributed by atoms with E-state index in [0.717, 1.165) is 12.2 Å². The van der Waals surface area contributed by atoms with Crippen LogP contribution in [0.4, 0.5) is 0 Å². The van der Waals surface area contributed by atoms with E-state index in [1.165, 1.54) is 0 Å². The van der Waals surface area contributed by atoms with Gasteiger partial charge in [-0.1, -0.05) is 6.92 Å². The summed E-state index contributed by atoms with van der Waals surface area (Å²) in [4.78, 5) is 4.10. The zero-order chi connectivity index (χ0) is 11.9. The van der Waals surface area contributed by atoms with Gasteiger partial charge in [0, 0.05) is 32.4 Å². The summed E-state index contributed by atoms with van der Waals surface area (Å²) in [6.07, 6.45) is 4.79. The third-order valence-corrected chi connectivity index (χ3v) is 2.36. The van der Waals surface area contributed by atoms with Crippen molar-refractivity contribution < 1.29 is 13.0 Å². The van der Waals surface area contributed by atoms with Crippen LogP contribution in [0.1, 0.15) is 12.7 Å². The monoisotopic (exact) mass is 235 g/mol. The fraction of sp³-hybridized carbons (Fsp3) is 0.625. The Morgan fingerprint density at radius 1 is 1.60 bits per heavy atom. The molecular weight excluding hydrogens is 218 g/mol. The molecule has 0 aliphatic rings. The van der Waals surface area contributed by atoms with Crippen LogP contribution < -0.4 is 5.73 Å². The molecule has 0 bridgehead atoms. The fourth-order valence-corrected chi connectivity index (χ4v) is 1.18. The van der Waals surface area contributed by atoms with Crippen molar-refractivity contribution in [2.24, 2.45) is 12.8 Å². The molecule has 0 aliphatic heterocycles. The molecule has 88 valence electrons. The number of hydrogen-bond acceptors (Lipinski definition) is 4. The largest absolute Gasteiger partial charge is 0.338 e. The molecule has 0 amide bonds. The summed E-state index contributed by atoms with van der Waals surface area (Å²) in [5.41, 5.74) is 4.78. The van der Waals surface area contributed by atoms with Crippen molar-refractivity contribution in [3.05, 3.63) is 18.2 Å². The van der Waals surface area contributed by atoms with Crippen LogP contribution in [0.3, 0.4) is 0 Å². The molecule has 15 heavy (non-hydrogen) atoms. The van der Waals surface area contributed by atoms with Crippen LogP contribution in [0.5, 0.6) is 0 Å². The van der Waals surface area contributed by atoms with Gasteiger partial charge in [-0.25, -0.2) is 4.98 Å². The lowest BCUT2D eigenvalue weighted by Crippen LogP contribution is -2.13. The molecule has 0 aliphatic carbocycles. The second kappa shape index (κ2) is 6.54. The van der Waals surface area contributed by atoms with Gasteiger partial charge < -0.3 is 10.3 Å². The van der Waals surface area contributed by atoms with E-state index in [1.54, 1.807) is 0 Å². The average molecular weight is 235 g/mol. The number of nitrogens with two attached hydrogens (primary N) is 1. The second-order valence-corrected chi connectivity index (χ2v) is 4.45. The molecule has 1 aromatic rings. The maximum atomic E-state index is 9.71. The highest BCUT2D eigenvalue weighted by Crippen LogP contribution is 1.92. The first kappa shape index (κ1) is 14.1. The Bertz CT molecular complexity index is 372. The summed E-state index contributed by atoms with van der Waals surface area (Å²) in [6.45, 7) is 2.07. The predicted octanol–water partition coefficient (Wildman–Crippen LogP) is -0.185. The predicted molar refractivity (Wildman–Crippen MR) is 58.1 cm³/mol. The molecule has 7 heteroatoms.